The van der Waals surface area contributed by atoms with E-state index in [9.17, 15) is 9.59 Å². The number of ether oxygens (including phenoxy) is 1. The minimum Gasteiger partial charge on any atom is -0.378 e. The molecule has 0 aliphatic carbocycles. The Kier molecular flexibility index (Phi) is 7.24. The molecule has 2 amide bonds. The topological polar surface area (TPSA) is 75.9 Å². The van der Waals surface area contributed by atoms with E-state index in [4.69, 9.17) is 10.5 Å². The van der Waals surface area contributed by atoms with Gasteiger partial charge in [0.15, 0.2) is 0 Å². The summed E-state index contributed by atoms with van der Waals surface area (Å²) in [5.74, 6) is 0.159. The zero-order valence-corrected chi connectivity index (χ0v) is 16.0. The van der Waals surface area contributed by atoms with Gasteiger partial charge in [0.1, 0.15) is 6.04 Å². The number of carbonyl (C=O) groups is 2. The van der Waals surface area contributed by atoms with Crippen molar-refractivity contribution in [2.24, 2.45) is 5.73 Å². The van der Waals surface area contributed by atoms with Gasteiger partial charge in [-0.1, -0.05) is 30.3 Å². The number of rotatable bonds is 7. The third-order valence-electron chi connectivity index (χ3n) is 5.51. The number of likely N-dealkylation sites (tertiary alicyclic amines) is 2. The van der Waals surface area contributed by atoms with Crippen LogP contribution in [0, 0.1) is 0 Å². The van der Waals surface area contributed by atoms with Crippen molar-refractivity contribution in [3.05, 3.63) is 35.9 Å². The van der Waals surface area contributed by atoms with Gasteiger partial charge in [0.05, 0.1) is 12.5 Å². The molecule has 0 spiro atoms. The molecule has 148 valence electrons. The Morgan fingerprint density at radius 1 is 1.07 bits per heavy atom. The van der Waals surface area contributed by atoms with Crippen LogP contribution in [0.3, 0.4) is 0 Å². The second-order valence-electron chi connectivity index (χ2n) is 7.45. The fourth-order valence-electron chi connectivity index (χ4n) is 3.98. The van der Waals surface area contributed by atoms with E-state index in [0.29, 0.717) is 39.2 Å². The van der Waals surface area contributed by atoms with Crippen LogP contribution in [0.15, 0.2) is 30.3 Å². The van der Waals surface area contributed by atoms with Crippen LogP contribution in [0.4, 0.5) is 0 Å². The van der Waals surface area contributed by atoms with E-state index in [-0.39, 0.29) is 24.0 Å². The zero-order chi connectivity index (χ0) is 19.1. The lowest BCUT2D eigenvalue weighted by molar-refractivity contribution is -0.145. The minimum absolute atomic E-state index is 0.0528. The molecule has 2 fully saturated rings. The molecule has 27 heavy (non-hydrogen) atoms. The molecule has 1 atom stereocenters. The highest BCUT2D eigenvalue weighted by molar-refractivity contribution is 5.89. The molecule has 6 heteroatoms. The van der Waals surface area contributed by atoms with Crippen molar-refractivity contribution in [3.63, 3.8) is 0 Å². The van der Waals surface area contributed by atoms with Crippen LogP contribution in [-0.4, -0.2) is 66.5 Å². The summed E-state index contributed by atoms with van der Waals surface area (Å²) >= 11 is 0. The molecule has 0 radical (unpaired) electrons. The molecule has 2 aliphatic heterocycles. The first-order valence-corrected chi connectivity index (χ1v) is 10.1. The predicted molar refractivity (Wildman–Crippen MR) is 104 cm³/mol. The first-order valence-electron chi connectivity index (χ1n) is 10.1. The first-order chi connectivity index (χ1) is 13.2. The molecule has 2 aliphatic rings. The van der Waals surface area contributed by atoms with Crippen molar-refractivity contribution in [1.29, 1.82) is 0 Å². The molecule has 3 rings (SSSR count). The summed E-state index contributed by atoms with van der Waals surface area (Å²) in [7, 11) is 0. The van der Waals surface area contributed by atoms with Gasteiger partial charge in [-0.2, -0.15) is 0 Å². The van der Waals surface area contributed by atoms with E-state index in [2.05, 4.69) is 0 Å². The Balaban J connectivity index is 1.51. The fourth-order valence-corrected chi connectivity index (χ4v) is 3.98. The lowest BCUT2D eigenvalue weighted by Crippen LogP contribution is -2.51. The number of hydrogen-bond donors (Lipinski definition) is 1. The SMILES string of the molecule is NCCCOC1CCN(C(=O)C2CCCN2C(=O)Cc2ccccc2)CC1. The van der Waals surface area contributed by atoms with Gasteiger partial charge in [-0.05, 0) is 44.2 Å². The highest BCUT2D eigenvalue weighted by Crippen LogP contribution is 2.23. The van der Waals surface area contributed by atoms with Crippen molar-refractivity contribution in [3.8, 4) is 0 Å². The molecular formula is C21H31N3O3. The zero-order valence-electron chi connectivity index (χ0n) is 16.0. The number of carbonyl (C=O) groups excluding carboxylic acids is 2. The molecule has 1 aromatic carbocycles. The van der Waals surface area contributed by atoms with Crippen LogP contribution in [-0.2, 0) is 20.7 Å². The number of nitrogens with two attached hydrogens (primary N) is 1. The maximum Gasteiger partial charge on any atom is 0.245 e. The maximum absolute atomic E-state index is 13.0. The molecule has 6 nitrogen and oxygen atoms in total. The van der Waals surface area contributed by atoms with Gasteiger partial charge in [-0.15, -0.1) is 0 Å². The summed E-state index contributed by atoms with van der Waals surface area (Å²) in [6, 6.07) is 9.44. The molecule has 2 saturated heterocycles. The predicted octanol–water partition coefficient (Wildman–Crippen LogP) is 1.58. The Bertz CT molecular complexity index is 614. The summed E-state index contributed by atoms with van der Waals surface area (Å²) in [5, 5.41) is 0. The van der Waals surface area contributed by atoms with Crippen molar-refractivity contribution in [2.45, 2.75) is 50.7 Å². The largest absolute Gasteiger partial charge is 0.378 e. The van der Waals surface area contributed by atoms with E-state index in [1.165, 1.54) is 0 Å². The lowest BCUT2D eigenvalue weighted by atomic mass is 10.1. The third-order valence-corrected chi connectivity index (χ3v) is 5.51. The van der Waals surface area contributed by atoms with E-state index in [0.717, 1.165) is 37.7 Å². The van der Waals surface area contributed by atoms with Crippen molar-refractivity contribution in [1.82, 2.24) is 9.80 Å². The Morgan fingerprint density at radius 2 is 1.81 bits per heavy atom. The van der Waals surface area contributed by atoms with Gasteiger partial charge in [0.2, 0.25) is 11.8 Å². The highest BCUT2D eigenvalue weighted by atomic mass is 16.5. The van der Waals surface area contributed by atoms with Gasteiger partial charge in [-0.25, -0.2) is 0 Å². The lowest BCUT2D eigenvalue weighted by Gasteiger charge is -2.35. The van der Waals surface area contributed by atoms with Crippen LogP contribution in [0.2, 0.25) is 0 Å². The van der Waals surface area contributed by atoms with Crippen LogP contribution in [0.5, 0.6) is 0 Å². The second-order valence-corrected chi connectivity index (χ2v) is 7.45. The molecule has 1 aromatic rings. The first kappa shape index (κ1) is 19.8. The Labute approximate surface area is 161 Å². The Hall–Kier alpha value is -1.92. The van der Waals surface area contributed by atoms with E-state index in [1.54, 1.807) is 4.90 Å². The number of amides is 2. The van der Waals surface area contributed by atoms with E-state index >= 15 is 0 Å². The minimum atomic E-state index is -0.295. The van der Waals surface area contributed by atoms with Gasteiger partial charge in [0, 0.05) is 26.2 Å². The maximum atomic E-state index is 13.0. The van der Waals surface area contributed by atoms with Crippen molar-refractivity contribution in [2.75, 3.05) is 32.8 Å². The van der Waals surface area contributed by atoms with Crippen molar-refractivity contribution >= 4 is 11.8 Å². The van der Waals surface area contributed by atoms with Crippen LogP contribution >= 0.6 is 0 Å². The number of piperidine rings is 1. The van der Waals surface area contributed by atoms with Gasteiger partial charge >= 0.3 is 0 Å². The van der Waals surface area contributed by atoms with E-state index < -0.39 is 0 Å². The molecule has 0 aromatic heterocycles. The summed E-state index contributed by atoms with van der Waals surface area (Å²) in [5.41, 5.74) is 6.49. The molecule has 0 saturated carbocycles. The van der Waals surface area contributed by atoms with E-state index in [1.807, 2.05) is 35.2 Å². The summed E-state index contributed by atoms with van der Waals surface area (Å²) in [4.78, 5) is 29.5. The quantitative estimate of drug-likeness (QED) is 0.736. The van der Waals surface area contributed by atoms with Crippen molar-refractivity contribution < 1.29 is 14.3 Å². The number of hydrogen-bond acceptors (Lipinski definition) is 4. The van der Waals surface area contributed by atoms with Gasteiger partial charge < -0.3 is 20.3 Å². The second kappa shape index (κ2) is 9.85. The summed E-state index contributed by atoms with van der Waals surface area (Å²) in [6.45, 7) is 3.44. The monoisotopic (exact) mass is 373 g/mol. The normalized spacial score (nSPS) is 20.9. The fraction of sp³-hybridized carbons (Fsp3) is 0.619. The van der Waals surface area contributed by atoms with Crippen LogP contribution in [0.25, 0.3) is 0 Å². The summed E-state index contributed by atoms with van der Waals surface area (Å²) < 4.78 is 5.82. The van der Waals surface area contributed by atoms with Gasteiger partial charge in [-0.3, -0.25) is 9.59 Å². The molecule has 0 bridgehead atoms. The average molecular weight is 373 g/mol. The highest BCUT2D eigenvalue weighted by Gasteiger charge is 2.37. The molecule has 2 heterocycles. The Morgan fingerprint density at radius 3 is 2.52 bits per heavy atom. The van der Waals surface area contributed by atoms with Gasteiger partial charge in [0.25, 0.3) is 0 Å². The standard InChI is InChI=1S/C21H31N3O3/c22-11-5-15-27-18-9-13-23(14-10-18)21(26)19-8-4-12-24(19)20(25)16-17-6-2-1-3-7-17/h1-3,6-7,18-19H,4-5,8-16,22H2. The summed E-state index contributed by atoms with van der Waals surface area (Å²) in [6.07, 6.45) is 4.85. The van der Waals surface area contributed by atoms with Crippen LogP contribution < -0.4 is 5.73 Å². The number of nitrogens with zero attached hydrogens (tertiary/aromatic N) is 2. The number of benzene rings is 1. The average Bonchev–Trinajstić information content (AvgIpc) is 3.19. The molecule has 1 unspecified atom stereocenters. The van der Waals surface area contributed by atoms with Crippen LogP contribution in [0.1, 0.15) is 37.7 Å². The molecular weight excluding hydrogens is 342 g/mol. The molecule has 2 N–H and O–H groups in total. The third kappa shape index (κ3) is 5.30. The smallest absolute Gasteiger partial charge is 0.245 e.